The molecule has 31 heavy (non-hydrogen) atoms. The molecule has 1 N–H and O–H groups in total. The van der Waals surface area contributed by atoms with Gasteiger partial charge in [0.15, 0.2) is 0 Å². The Morgan fingerprint density at radius 3 is 2.39 bits per heavy atom. The van der Waals surface area contributed by atoms with Crippen LogP contribution in [0.4, 0.5) is 10.2 Å². The minimum absolute atomic E-state index is 0.344. The van der Waals surface area contributed by atoms with Crippen LogP contribution in [-0.2, 0) is 11.8 Å². The number of carbonyl (C=O) groups is 1. The predicted octanol–water partition coefficient (Wildman–Crippen LogP) is 5.86. The summed E-state index contributed by atoms with van der Waals surface area (Å²) in [6.07, 6.45) is 3.30. The summed E-state index contributed by atoms with van der Waals surface area (Å²) in [5.74, 6) is -0.338. The Bertz CT molecular complexity index is 1230. The molecule has 1 unspecified atom stereocenters. The first-order valence-electron chi connectivity index (χ1n) is 9.38. The van der Waals surface area contributed by atoms with Crippen molar-refractivity contribution in [2.45, 2.75) is 5.38 Å². The zero-order valence-corrected chi connectivity index (χ0v) is 17.9. The Balaban J connectivity index is 1.78. The van der Waals surface area contributed by atoms with Crippen molar-refractivity contribution in [3.63, 3.8) is 0 Å². The van der Waals surface area contributed by atoms with Crippen molar-refractivity contribution in [3.05, 3.63) is 89.5 Å². The van der Waals surface area contributed by atoms with E-state index in [2.05, 4.69) is 15.4 Å². The second-order valence-electron chi connectivity index (χ2n) is 6.81. The molecule has 4 rings (SSSR count). The number of rotatable bonds is 5. The van der Waals surface area contributed by atoms with Gasteiger partial charge in [-0.2, -0.15) is 5.10 Å². The van der Waals surface area contributed by atoms with Crippen LogP contribution in [0.5, 0.6) is 0 Å². The van der Waals surface area contributed by atoms with E-state index in [0.717, 1.165) is 5.56 Å². The maximum Gasteiger partial charge on any atom is 0.248 e. The average molecular weight is 455 g/mol. The quantitative estimate of drug-likeness (QED) is 0.384. The smallest absolute Gasteiger partial charge is 0.248 e. The van der Waals surface area contributed by atoms with Crippen molar-refractivity contribution in [2.75, 3.05) is 5.32 Å². The second kappa shape index (κ2) is 8.88. The topological polar surface area (TPSA) is 59.8 Å². The molecule has 0 saturated carbocycles. The molecule has 8 heteroatoms. The molecule has 2 aromatic carbocycles. The number of nitrogens with zero attached hydrogens (tertiary/aromatic N) is 3. The van der Waals surface area contributed by atoms with Crippen LogP contribution in [0.25, 0.3) is 22.4 Å². The summed E-state index contributed by atoms with van der Waals surface area (Å²) in [5, 5.41) is 6.87. The van der Waals surface area contributed by atoms with Crippen molar-refractivity contribution in [1.29, 1.82) is 0 Å². The predicted molar refractivity (Wildman–Crippen MR) is 121 cm³/mol. The van der Waals surface area contributed by atoms with E-state index in [1.54, 1.807) is 60.5 Å². The fraction of sp³-hybridized carbons (Fsp3) is 0.0870. The second-order valence-corrected chi connectivity index (χ2v) is 7.66. The van der Waals surface area contributed by atoms with E-state index in [-0.39, 0.29) is 5.82 Å². The number of anilines is 1. The van der Waals surface area contributed by atoms with Gasteiger partial charge in [-0.15, -0.1) is 11.6 Å². The van der Waals surface area contributed by atoms with E-state index in [0.29, 0.717) is 33.2 Å². The Kier molecular flexibility index (Phi) is 6.02. The van der Waals surface area contributed by atoms with Gasteiger partial charge in [0.1, 0.15) is 22.7 Å². The molecule has 0 aliphatic heterocycles. The maximum absolute atomic E-state index is 13.4. The van der Waals surface area contributed by atoms with E-state index in [1.807, 2.05) is 12.1 Å². The summed E-state index contributed by atoms with van der Waals surface area (Å²) in [6.45, 7) is 0. The van der Waals surface area contributed by atoms with Crippen LogP contribution in [0.3, 0.4) is 0 Å². The molecular formula is C23H17Cl2FN4O. The largest absolute Gasteiger partial charge is 0.309 e. The van der Waals surface area contributed by atoms with Gasteiger partial charge in [0.25, 0.3) is 0 Å². The van der Waals surface area contributed by atoms with Crippen LogP contribution in [0, 0.1) is 5.82 Å². The Hall–Kier alpha value is -3.22. The molecule has 0 spiro atoms. The van der Waals surface area contributed by atoms with Crippen LogP contribution in [0.1, 0.15) is 10.9 Å². The number of pyridine rings is 1. The lowest BCUT2D eigenvalue weighted by molar-refractivity contribution is -0.116. The fourth-order valence-electron chi connectivity index (χ4n) is 3.27. The molecule has 0 fully saturated rings. The van der Waals surface area contributed by atoms with Gasteiger partial charge < -0.3 is 5.32 Å². The summed E-state index contributed by atoms with van der Waals surface area (Å²) < 4.78 is 15.0. The van der Waals surface area contributed by atoms with Gasteiger partial charge in [-0.1, -0.05) is 29.8 Å². The van der Waals surface area contributed by atoms with E-state index in [1.165, 1.54) is 12.1 Å². The lowest BCUT2D eigenvalue weighted by Gasteiger charge is -2.14. The van der Waals surface area contributed by atoms with Crippen molar-refractivity contribution >= 4 is 34.9 Å². The molecular weight excluding hydrogens is 438 g/mol. The van der Waals surface area contributed by atoms with Crippen LogP contribution in [0.2, 0.25) is 5.02 Å². The summed E-state index contributed by atoms with van der Waals surface area (Å²) >= 11 is 12.6. The molecule has 1 atom stereocenters. The first-order valence-corrected chi connectivity index (χ1v) is 10.2. The number of amides is 1. The summed E-state index contributed by atoms with van der Waals surface area (Å²) in [5.41, 5.74) is 3.27. The third kappa shape index (κ3) is 4.31. The van der Waals surface area contributed by atoms with Gasteiger partial charge in [0.2, 0.25) is 5.91 Å². The van der Waals surface area contributed by atoms with E-state index in [9.17, 15) is 9.18 Å². The highest BCUT2D eigenvalue weighted by atomic mass is 35.5. The van der Waals surface area contributed by atoms with Gasteiger partial charge in [-0.25, -0.2) is 4.39 Å². The number of alkyl halides is 1. The van der Waals surface area contributed by atoms with E-state index < -0.39 is 11.3 Å². The SMILES string of the molecule is Cn1nc(-c2ccc(F)cc2)c(-c2ccncc2)c1NC(=O)C(Cl)c1ccccc1Cl. The summed E-state index contributed by atoms with van der Waals surface area (Å²) in [7, 11) is 1.71. The van der Waals surface area contributed by atoms with Crippen molar-refractivity contribution in [2.24, 2.45) is 7.05 Å². The molecule has 2 aromatic heterocycles. The fourth-order valence-corrected chi connectivity index (χ4v) is 3.82. The molecule has 0 bridgehead atoms. The van der Waals surface area contributed by atoms with Gasteiger partial charge in [0, 0.05) is 30.0 Å². The number of aryl methyl sites for hydroxylation is 1. The number of hydrogen-bond donors (Lipinski definition) is 1. The highest BCUT2D eigenvalue weighted by Gasteiger charge is 2.25. The zero-order valence-electron chi connectivity index (χ0n) is 16.4. The lowest BCUT2D eigenvalue weighted by atomic mass is 10.0. The Labute approximate surface area is 188 Å². The standard InChI is InChI=1S/C23H17Cl2FN4O/c1-30-22(28-23(31)20(25)17-4-2-3-5-18(17)24)19(14-10-12-27-13-11-14)21(29-30)15-6-8-16(26)9-7-15/h2-13,20H,1H3,(H,28,31). The van der Waals surface area contributed by atoms with Gasteiger partial charge in [-0.3, -0.25) is 14.5 Å². The van der Waals surface area contributed by atoms with Gasteiger partial charge in [-0.05, 0) is 53.6 Å². The highest BCUT2D eigenvalue weighted by Crippen LogP contribution is 2.38. The number of nitrogens with one attached hydrogen (secondary N) is 1. The first kappa shape index (κ1) is 21.0. The van der Waals surface area contributed by atoms with Crippen LogP contribution < -0.4 is 5.32 Å². The molecule has 0 radical (unpaired) electrons. The third-order valence-electron chi connectivity index (χ3n) is 4.78. The number of aromatic nitrogens is 3. The molecule has 156 valence electrons. The van der Waals surface area contributed by atoms with Crippen LogP contribution >= 0.6 is 23.2 Å². The molecule has 0 aliphatic carbocycles. The number of halogens is 3. The van der Waals surface area contributed by atoms with Crippen molar-refractivity contribution < 1.29 is 9.18 Å². The number of carbonyl (C=O) groups excluding carboxylic acids is 1. The Morgan fingerprint density at radius 2 is 1.71 bits per heavy atom. The lowest BCUT2D eigenvalue weighted by Crippen LogP contribution is -2.20. The minimum atomic E-state index is -0.997. The van der Waals surface area contributed by atoms with Gasteiger partial charge >= 0.3 is 0 Å². The van der Waals surface area contributed by atoms with Crippen molar-refractivity contribution in [3.8, 4) is 22.4 Å². The highest BCUT2D eigenvalue weighted by molar-refractivity contribution is 6.36. The van der Waals surface area contributed by atoms with E-state index >= 15 is 0 Å². The molecule has 5 nitrogen and oxygen atoms in total. The average Bonchev–Trinajstić information content (AvgIpc) is 3.10. The van der Waals surface area contributed by atoms with Crippen LogP contribution in [-0.4, -0.2) is 20.7 Å². The number of benzene rings is 2. The van der Waals surface area contributed by atoms with Crippen LogP contribution in [0.15, 0.2) is 73.1 Å². The molecule has 2 heterocycles. The third-order valence-corrected chi connectivity index (χ3v) is 5.56. The first-order chi connectivity index (χ1) is 15.0. The Morgan fingerprint density at radius 1 is 1.03 bits per heavy atom. The van der Waals surface area contributed by atoms with Gasteiger partial charge in [0.05, 0.1) is 5.56 Å². The minimum Gasteiger partial charge on any atom is -0.309 e. The van der Waals surface area contributed by atoms with Crippen molar-refractivity contribution in [1.82, 2.24) is 14.8 Å². The molecule has 4 aromatic rings. The molecule has 0 saturated heterocycles. The van der Waals surface area contributed by atoms with E-state index in [4.69, 9.17) is 23.2 Å². The molecule has 1 amide bonds. The normalized spacial score (nSPS) is 11.9. The monoisotopic (exact) mass is 454 g/mol. The maximum atomic E-state index is 13.4. The zero-order chi connectivity index (χ0) is 22.0. The number of hydrogen-bond acceptors (Lipinski definition) is 3. The molecule has 0 aliphatic rings. The summed E-state index contributed by atoms with van der Waals surface area (Å²) in [6, 6.07) is 16.6. The summed E-state index contributed by atoms with van der Waals surface area (Å²) in [4.78, 5) is 17.0.